The summed E-state index contributed by atoms with van der Waals surface area (Å²) in [4.78, 5) is 21.0. The molecule has 5 N–H and O–H groups in total. The van der Waals surface area contributed by atoms with E-state index in [4.69, 9.17) is 5.73 Å². The van der Waals surface area contributed by atoms with E-state index in [0.29, 0.717) is 35.6 Å². The number of benzene rings is 1. The van der Waals surface area contributed by atoms with Gasteiger partial charge in [0.1, 0.15) is 10.6 Å². The molecule has 0 aliphatic heterocycles. The van der Waals surface area contributed by atoms with Gasteiger partial charge in [-0.3, -0.25) is 0 Å². The van der Waals surface area contributed by atoms with Crippen LogP contribution >= 0.6 is 0 Å². The molecule has 5 rings (SSSR count). The second kappa shape index (κ2) is 6.89. The second-order valence-corrected chi connectivity index (χ2v) is 11.4. The lowest BCUT2D eigenvalue weighted by atomic mass is 10.1. The van der Waals surface area contributed by atoms with Crippen LogP contribution in [0, 0.1) is 0 Å². The largest absolute Gasteiger partial charge is 0.394 e. The Morgan fingerprint density at radius 3 is 2.35 bits per heavy atom. The van der Waals surface area contributed by atoms with Gasteiger partial charge < -0.3 is 21.5 Å². The molecule has 31 heavy (non-hydrogen) atoms. The molecular weight excluding hydrogens is 418 g/mol. The van der Waals surface area contributed by atoms with Gasteiger partial charge in [0.25, 0.3) is 0 Å². The molecule has 0 atom stereocenters. The molecule has 1 aromatic carbocycles. The summed E-state index contributed by atoms with van der Waals surface area (Å²) in [6.45, 7) is -0.0770. The number of sulfone groups is 1. The first kappa shape index (κ1) is 20.2. The standard InChI is InChI=1S/C21H25N5O4S/c22-17-11-16(21(9-10-21)31(29,30)15-5-6-15)24-18(25-17)13-1-3-14(4-2-13)23-19(28)26-20(12-27)7-8-20/h1-4,11,15,27H,5-10,12H2,(H2,22,24,25)(H2,23,26,28). The van der Waals surface area contributed by atoms with Crippen LogP contribution in [0.2, 0.25) is 0 Å². The molecule has 1 aromatic heterocycles. The number of rotatable bonds is 7. The third-order valence-corrected chi connectivity index (χ3v) is 9.42. The number of aliphatic hydroxyl groups excluding tert-OH is 1. The van der Waals surface area contributed by atoms with Crippen molar-refractivity contribution in [2.45, 2.75) is 54.1 Å². The van der Waals surface area contributed by atoms with Crippen LogP contribution in [0.1, 0.15) is 44.2 Å². The van der Waals surface area contributed by atoms with E-state index in [1.165, 1.54) is 0 Å². The van der Waals surface area contributed by atoms with Crippen molar-refractivity contribution < 1.29 is 18.3 Å². The topological polar surface area (TPSA) is 147 Å². The summed E-state index contributed by atoms with van der Waals surface area (Å²) in [6.07, 6.45) is 4.10. The molecule has 164 valence electrons. The van der Waals surface area contributed by atoms with Gasteiger partial charge in [-0.25, -0.2) is 23.2 Å². The van der Waals surface area contributed by atoms with Crippen LogP contribution in [-0.2, 0) is 14.6 Å². The number of urea groups is 1. The first-order valence-electron chi connectivity index (χ1n) is 10.5. The molecule has 0 unspecified atom stereocenters. The van der Waals surface area contributed by atoms with Gasteiger partial charge in [0.15, 0.2) is 15.7 Å². The van der Waals surface area contributed by atoms with E-state index in [2.05, 4.69) is 20.6 Å². The fraction of sp³-hybridized carbons (Fsp3) is 0.476. The summed E-state index contributed by atoms with van der Waals surface area (Å²) in [5.41, 5.74) is 7.23. The number of nitrogens with one attached hydrogen (secondary N) is 2. The van der Waals surface area contributed by atoms with Crippen LogP contribution < -0.4 is 16.4 Å². The Morgan fingerprint density at radius 1 is 1.13 bits per heavy atom. The number of hydrogen-bond donors (Lipinski definition) is 4. The molecule has 0 saturated heterocycles. The van der Waals surface area contributed by atoms with Gasteiger partial charge in [-0.1, -0.05) is 0 Å². The van der Waals surface area contributed by atoms with Crippen molar-refractivity contribution in [2.24, 2.45) is 0 Å². The summed E-state index contributed by atoms with van der Waals surface area (Å²) in [5, 5.41) is 14.6. The Bertz CT molecular complexity index is 1140. The van der Waals surface area contributed by atoms with Crippen molar-refractivity contribution in [2.75, 3.05) is 17.7 Å². The van der Waals surface area contributed by atoms with E-state index in [1.807, 2.05) is 0 Å². The average molecular weight is 444 g/mol. The number of hydrogen-bond acceptors (Lipinski definition) is 7. The highest BCUT2D eigenvalue weighted by Crippen LogP contribution is 2.57. The van der Waals surface area contributed by atoms with Crippen molar-refractivity contribution in [3.05, 3.63) is 36.0 Å². The predicted molar refractivity (Wildman–Crippen MR) is 116 cm³/mol. The van der Waals surface area contributed by atoms with E-state index in [-0.39, 0.29) is 23.7 Å². The minimum atomic E-state index is -3.27. The minimum Gasteiger partial charge on any atom is -0.394 e. The van der Waals surface area contributed by atoms with Crippen molar-refractivity contribution >= 4 is 27.4 Å². The van der Waals surface area contributed by atoms with Gasteiger partial charge in [0.05, 0.1) is 23.1 Å². The Hall–Kier alpha value is -2.72. The van der Waals surface area contributed by atoms with Gasteiger partial charge in [-0.05, 0) is 62.8 Å². The van der Waals surface area contributed by atoms with Crippen LogP contribution in [-0.4, -0.2) is 46.9 Å². The molecule has 9 nitrogen and oxygen atoms in total. The van der Waals surface area contributed by atoms with Crippen LogP contribution in [0.5, 0.6) is 0 Å². The highest BCUT2D eigenvalue weighted by atomic mass is 32.2. The maximum absolute atomic E-state index is 12.9. The number of carbonyl (C=O) groups is 1. The van der Waals surface area contributed by atoms with E-state index in [1.54, 1.807) is 30.3 Å². The molecule has 3 saturated carbocycles. The zero-order valence-electron chi connectivity index (χ0n) is 17.0. The third kappa shape index (κ3) is 3.63. The number of nitrogens with two attached hydrogens (primary N) is 1. The van der Waals surface area contributed by atoms with Gasteiger partial charge in [-0.15, -0.1) is 0 Å². The van der Waals surface area contributed by atoms with Crippen molar-refractivity contribution in [3.8, 4) is 11.4 Å². The van der Waals surface area contributed by atoms with Crippen LogP contribution in [0.25, 0.3) is 11.4 Å². The molecule has 3 fully saturated rings. The van der Waals surface area contributed by atoms with E-state index >= 15 is 0 Å². The third-order valence-electron chi connectivity index (χ3n) is 6.36. The number of anilines is 2. The molecule has 0 radical (unpaired) electrons. The fourth-order valence-electron chi connectivity index (χ4n) is 3.91. The normalized spacial score (nSPS) is 20.7. The van der Waals surface area contributed by atoms with E-state index in [0.717, 1.165) is 25.7 Å². The minimum absolute atomic E-state index is 0.0770. The van der Waals surface area contributed by atoms with Crippen molar-refractivity contribution in [1.29, 1.82) is 0 Å². The fourth-order valence-corrected chi connectivity index (χ4v) is 6.37. The summed E-state index contributed by atoms with van der Waals surface area (Å²) < 4.78 is 25.0. The number of nitrogen functional groups attached to an aromatic ring is 1. The number of amides is 2. The first-order valence-corrected chi connectivity index (χ1v) is 12.0. The zero-order valence-corrected chi connectivity index (χ0v) is 17.8. The summed E-state index contributed by atoms with van der Waals surface area (Å²) in [6, 6.07) is 8.14. The molecule has 3 aliphatic rings. The molecule has 0 bridgehead atoms. The lowest BCUT2D eigenvalue weighted by molar-refractivity contribution is 0.217. The number of carbonyl (C=O) groups excluding carboxylic acids is 1. The lowest BCUT2D eigenvalue weighted by Gasteiger charge is -2.17. The van der Waals surface area contributed by atoms with Gasteiger partial charge >= 0.3 is 6.03 Å². The predicted octanol–water partition coefficient (Wildman–Crippen LogP) is 1.94. The summed E-state index contributed by atoms with van der Waals surface area (Å²) >= 11 is 0. The Morgan fingerprint density at radius 2 is 1.81 bits per heavy atom. The molecule has 0 spiro atoms. The van der Waals surface area contributed by atoms with Crippen LogP contribution in [0.4, 0.5) is 16.3 Å². The van der Waals surface area contributed by atoms with E-state index in [9.17, 15) is 18.3 Å². The molecule has 3 aliphatic carbocycles. The summed E-state index contributed by atoms with van der Waals surface area (Å²) in [5.74, 6) is 0.595. The van der Waals surface area contributed by atoms with Gasteiger partial charge in [-0.2, -0.15) is 0 Å². The maximum atomic E-state index is 12.9. The molecular formula is C21H25N5O4S. The number of nitrogens with zero attached hydrogens (tertiary/aromatic N) is 2. The molecule has 2 aromatic rings. The van der Waals surface area contributed by atoms with Gasteiger partial charge in [0, 0.05) is 17.3 Å². The number of aliphatic hydroxyl groups is 1. The average Bonchev–Trinajstić information content (AvgIpc) is 3.61. The van der Waals surface area contributed by atoms with Crippen LogP contribution in [0.3, 0.4) is 0 Å². The molecule has 2 amide bonds. The smallest absolute Gasteiger partial charge is 0.319 e. The first-order chi connectivity index (χ1) is 14.8. The molecule has 10 heteroatoms. The Balaban J connectivity index is 1.35. The van der Waals surface area contributed by atoms with Gasteiger partial charge in [0.2, 0.25) is 0 Å². The quantitative estimate of drug-likeness (QED) is 0.511. The Kier molecular flexibility index (Phi) is 4.49. The van der Waals surface area contributed by atoms with Crippen molar-refractivity contribution in [3.63, 3.8) is 0 Å². The maximum Gasteiger partial charge on any atom is 0.319 e. The SMILES string of the molecule is Nc1cc(C2(S(=O)(=O)C3CC3)CC2)nc(-c2ccc(NC(=O)NC3(CO)CC3)cc2)n1. The zero-order chi connectivity index (χ0) is 21.9. The Labute approximate surface area is 180 Å². The number of aromatic nitrogens is 2. The highest BCUT2D eigenvalue weighted by molar-refractivity contribution is 7.93. The lowest BCUT2D eigenvalue weighted by Crippen LogP contribution is -2.42. The highest BCUT2D eigenvalue weighted by Gasteiger charge is 2.61. The summed E-state index contributed by atoms with van der Waals surface area (Å²) in [7, 11) is -3.27. The molecule has 1 heterocycles. The monoisotopic (exact) mass is 443 g/mol. The second-order valence-electron chi connectivity index (χ2n) is 8.84. The van der Waals surface area contributed by atoms with Crippen molar-refractivity contribution in [1.82, 2.24) is 15.3 Å². The van der Waals surface area contributed by atoms with E-state index < -0.39 is 20.1 Å². The van der Waals surface area contributed by atoms with Crippen LogP contribution in [0.15, 0.2) is 30.3 Å².